The number of thiophene rings is 1. The van der Waals surface area contributed by atoms with Gasteiger partial charge in [0.1, 0.15) is 0 Å². The lowest BCUT2D eigenvalue weighted by Crippen LogP contribution is -1.95. The van der Waals surface area contributed by atoms with Crippen molar-refractivity contribution in [3.8, 4) is 27.9 Å². The van der Waals surface area contributed by atoms with Crippen LogP contribution in [0.1, 0.15) is 11.1 Å². The molecule has 0 saturated heterocycles. The van der Waals surface area contributed by atoms with Crippen molar-refractivity contribution in [1.82, 2.24) is 4.57 Å². The summed E-state index contributed by atoms with van der Waals surface area (Å²) in [4.78, 5) is 0. The van der Waals surface area contributed by atoms with Gasteiger partial charge >= 0.3 is 0 Å². The highest BCUT2D eigenvalue weighted by Crippen LogP contribution is 2.48. The molecular formula is C41H25NS. The lowest BCUT2D eigenvalue weighted by atomic mass is 9.97. The largest absolute Gasteiger partial charge is 0.309 e. The Balaban J connectivity index is 1.31. The maximum absolute atomic E-state index is 2.48. The van der Waals surface area contributed by atoms with Crippen LogP contribution >= 0.6 is 11.3 Å². The van der Waals surface area contributed by atoms with Gasteiger partial charge in [0, 0.05) is 36.6 Å². The predicted octanol–water partition coefficient (Wildman–Crippen LogP) is 11.5. The Morgan fingerprint density at radius 3 is 2.21 bits per heavy atom. The van der Waals surface area contributed by atoms with E-state index in [4.69, 9.17) is 0 Å². The third kappa shape index (κ3) is 3.27. The molecule has 0 aliphatic heterocycles. The van der Waals surface area contributed by atoms with E-state index in [9.17, 15) is 0 Å². The van der Waals surface area contributed by atoms with Crippen molar-refractivity contribution >= 4 is 64.1 Å². The van der Waals surface area contributed by atoms with Gasteiger partial charge < -0.3 is 4.57 Å². The predicted molar refractivity (Wildman–Crippen MR) is 185 cm³/mol. The smallest absolute Gasteiger partial charge is 0.0555 e. The molecule has 10 rings (SSSR count). The van der Waals surface area contributed by atoms with E-state index in [1.165, 1.54) is 91.8 Å². The number of hydrogen-bond donors (Lipinski definition) is 0. The van der Waals surface area contributed by atoms with Gasteiger partial charge in [-0.25, -0.2) is 0 Å². The topological polar surface area (TPSA) is 4.93 Å². The maximum atomic E-state index is 2.48. The molecule has 0 N–H and O–H groups in total. The zero-order valence-corrected chi connectivity index (χ0v) is 24.2. The highest BCUT2D eigenvalue weighted by molar-refractivity contribution is 7.26. The van der Waals surface area contributed by atoms with E-state index in [2.05, 4.69) is 144 Å². The Hall–Kier alpha value is -5.18. The molecule has 43 heavy (non-hydrogen) atoms. The van der Waals surface area contributed by atoms with E-state index in [-0.39, 0.29) is 0 Å². The van der Waals surface area contributed by atoms with E-state index in [0.29, 0.717) is 0 Å². The Morgan fingerprint density at radius 2 is 1.28 bits per heavy atom. The molecule has 0 saturated carbocycles. The highest BCUT2D eigenvalue weighted by Gasteiger charge is 2.24. The molecule has 1 aliphatic carbocycles. The molecule has 2 heterocycles. The molecule has 200 valence electrons. The van der Waals surface area contributed by atoms with Crippen molar-refractivity contribution in [3.05, 3.63) is 151 Å². The molecule has 9 aromatic rings. The van der Waals surface area contributed by atoms with Crippen molar-refractivity contribution < 1.29 is 0 Å². The Bertz CT molecular complexity index is 2580. The van der Waals surface area contributed by atoms with Crippen molar-refractivity contribution in [2.24, 2.45) is 0 Å². The third-order valence-electron chi connectivity index (χ3n) is 9.37. The molecular weight excluding hydrogens is 539 g/mol. The Morgan fingerprint density at radius 1 is 0.488 bits per heavy atom. The van der Waals surface area contributed by atoms with Gasteiger partial charge in [0.2, 0.25) is 0 Å². The normalized spacial score (nSPS) is 12.6. The zero-order valence-electron chi connectivity index (χ0n) is 23.3. The minimum absolute atomic E-state index is 1.02. The summed E-state index contributed by atoms with van der Waals surface area (Å²) in [5.74, 6) is 0. The molecule has 7 aromatic carbocycles. The van der Waals surface area contributed by atoms with Crippen molar-refractivity contribution in [1.29, 1.82) is 0 Å². The molecule has 2 aromatic heterocycles. The molecule has 0 unspecified atom stereocenters. The van der Waals surface area contributed by atoms with Gasteiger partial charge in [0.15, 0.2) is 0 Å². The van der Waals surface area contributed by atoms with Crippen LogP contribution in [-0.2, 0) is 6.42 Å². The van der Waals surface area contributed by atoms with Gasteiger partial charge in [-0.1, -0.05) is 103 Å². The molecule has 0 fully saturated rings. The Kier molecular flexibility index (Phi) is 4.72. The van der Waals surface area contributed by atoms with Crippen LogP contribution in [0.4, 0.5) is 0 Å². The van der Waals surface area contributed by atoms with Crippen molar-refractivity contribution in [2.45, 2.75) is 6.42 Å². The molecule has 0 radical (unpaired) electrons. The van der Waals surface area contributed by atoms with E-state index in [1.807, 2.05) is 11.3 Å². The average Bonchev–Trinajstić information content (AvgIpc) is 3.72. The molecule has 0 spiro atoms. The summed E-state index contributed by atoms with van der Waals surface area (Å²) in [7, 11) is 0. The van der Waals surface area contributed by atoms with Crippen LogP contribution in [0.5, 0.6) is 0 Å². The van der Waals surface area contributed by atoms with E-state index < -0.39 is 0 Å². The first-order chi connectivity index (χ1) is 21.3. The number of aromatic nitrogens is 1. The van der Waals surface area contributed by atoms with Gasteiger partial charge in [-0.15, -0.1) is 11.3 Å². The fraction of sp³-hybridized carbons (Fsp3) is 0.0244. The maximum Gasteiger partial charge on any atom is 0.0555 e. The fourth-order valence-corrected chi connectivity index (χ4v) is 8.64. The lowest BCUT2D eigenvalue weighted by Gasteiger charge is -2.14. The van der Waals surface area contributed by atoms with Crippen molar-refractivity contribution in [3.63, 3.8) is 0 Å². The highest BCUT2D eigenvalue weighted by atomic mass is 32.1. The third-order valence-corrected chi connectivity index (χ3v) is 10.5. The number of benzene rings is 7. The summed E-state index contributed by atoms with van der Waals surface area (Å²) < 4.78 is 5.19. The van der Waals surface area contributed by atoms with E-state index in [0.717, 1.165) is 6.42 Å². The van der Waals surface area contributed by atoms with Gasteiger partial charge in [-0.05, 0) is 87.0 Å². The zero-order chi connectivity index (χ0) is 28.1. The number of rotatable bonds is 2. The van der Waals surface area contributed by atoms with E-state index in [1.54, 1.807) is 0 Å². The lowest BCUT2D eigenvalue weighted by molar-refractivity contribution is 1.19. The van der Waals surface area contributed by atoms with Crippen LogP contribution in [-0.4, -0.2) is 4.57 Å². The number of fused-ring (bicyclic) bond motifs is 11. The second-order valence-electron chi connectivity index (χ2n) is 11.7. The molecule has 0 bridgehead atoms. The quantitative estimate of drug-likeness (QED) is 0.197. The SMILES string of the molecule is c1ccc(-c2cc(-n3c4ccccc4c4cc5c(cc43)sc3ccc4c(c35)-c3ccccc3C4)cc3ccccc23)cc1. The summed E-state index contributed by atoms with van der Waals surface area (Å²) in [6, 6.07) is 51.7. The fourth-order valence-electron chi connectivity index (χ4n) is 7.51. The van der Waals surface area contributed by atoms with Gasteiger partial charge in [-0.2, -0.15) is 0 Å². The van der Waals surface area contributed by atoms with Gasteiger partial charge in [0.25, 0.3) is 0 Å². The van der Waals surface area contributed by atoms with Crippen LogP contribution in [0.2, 0.25) is 0 Å². The van der Waals surface area contributed by atoms with Gasteiger partial charge in [-0.3, -0.25) is 0 Å². The average molecular weight is 564 g/mol. The van der Waals surface area contributed by atoms with Crippen LogP contribution < -0.4 is 0 Å². The van der Waals surface area contributed by atoms with Gasteiger partial charge in [0.05, 0.1) is 11.0 Å². The minimum atomic E-state index is 1.02. The summed E-state index contributed by atoms with van der Waals surface area (Å²) in [5, 5.41) is 7.91. The molecule has 0 atom stereocenters. The van der Waals surface area contributed by atoms with Crippen LogP contribution in [0.25, 0.3) is 80.7 Å². The Labute approximate surface area is 252 Å². The van der Waals surface area contributed by atoms with Crippen LogP contribution in [0, 0.1) is 0 Å². The van der Waals surface area contributed by atoms with Crippen LogP contribution in [0.3, 0.4) is 0 Å². The van der Waals surface area contributed by atoms with Crippen LogP contribution in [0.15, 0.2) is 140 Å². The number of hydrogen-bond acceptors (Lipinski definition) is 1. The monoisotopic (exact) mass is 563 g/mol. The number of nitrogens with zero attached hydrogens (tertiary/aromatic N) is 1. The molecule has 1 nitrogen and oxygen atoms in total. The summed E-state index contributed by atoms with van der Waals surface area (Å²) in [6.07, 6.45) is 1.02. The summed E-state index contributed by atoms with van der Waals surface area (Å²) in [5.41, 5.74) is 11.9. The minimum Gasteiger partial charge on any atom is -0.309 e. The number of para-hydroxylation sites is 1. The second-order valence-corrected chi connectivity index (χ2v) is 12.8. The first-order valence-corrected chi connectivity index (χ1v) is 15.7. The summed E-state index contributed by atoms with van der Waals surface area (Å²) in [6.45, 7) is 0. The first-order valence-electron chi connectivity index (χ1n) is 14.9. The molecule has 2 heteroatoms. The van der Waals surface area contributed by atoms with E-state index >= 15 is 0 Å². The molecule has 0 amide bonds. The second kappa shape index (κ2) is 8.67. The summed E-state index contributed by atoms with van der Waals surface area (Å²) >= 11 is 1.92. The van der Waals surface area contributed by atoms with Crippen molar-refractivity contribution in [2.75, 3.05) is 0 Å². The molecule has 1 aliphatic rings. The standard InChI is InChI=1S/C41H25NS/c1-2-10-25(11-3-1)33-22-29(21-27-13-4-6-14-30(27)33)42-36-17-9-8-16-32(36)34-23-35-39(24-37(34)42)43-38-19-18-28-20-26-12-5-7-15-31(26)40(28)41(35)38/h1-19,21-24H,20H2. The first kappa shape index (κ1) is 23.4.